The Labute approximate surface area is 95.5 Å². The molecule has 1 atom stereocenters. The normalized spacial score (nSPS) is 13.9. The van der Waals surface area contributed by atoms with Crippen LogP contribution in [0.4, 0.5) is 0 Å². The Morgan fingerprint density at radius 3 is 2.53 bits per heavy atom. The van der Waals surface area contributed by atoms with Gasteiger partial charge in [0.05, 0.1) is 0 Å². The molecule has 0 radical (unpaired) electrons. The molecule has 0 bridgehead atoms. The lowest BCUT2D eigenvalue weighted by Crippen LogP contribution is -2.37. The van der Waals surface area contributed by atoms with Crippen LogP contribution in [-0.4, -0.2) is 11.8 Å². The molecular formula is C12H19NOS. The second-order valence-electron chi connectivity index (χ2n) is 4.99. The highest BCUT2D eigenvalue weighted by Crippen LogP contribution is 2.23. The van der Waals surface area contributed by atoms with Gasteiger partial charge in [-0.2, -0.15) is 0 Å². The van der Waals surface area contributed by atoms with E-state index in [1.165, 1.54) is 0 Å². The molecule has 1 aromatic heterocycles. The third-order valence-electron chi connectivity index (χ3n) is 2.68. The molecule has 84 valence electrons. The Hall–Kier alpha value is -0.670. The van der Waals surface area contributed by atoms with Crippen LogP contribution in [0, 0.1) is 12.3 Å². The number of nitrogens with two attached hydrogens (primary N) is 1. The van der Waals surface area contributed by atoms with Crippen molar-refractivity contribution in [3.8, 4) is 0 Å². The number of rotatable bonds is 3. The summed E-state index contributed by atoms with van der Waals surface area (Å²) in [5.74, 6) is 0.163. The summed E-state index contributed by atoms with van der Waals surface area (Å²) >= 11 is 1.61. The van der Waals surface area contributed by atoms with Crippen molar-refractivity contribution in [3.05, 3.63) is 21.9 Å². The minimum atomic E-state index is -0.0794. The van der Waals surface area contributed by atoms with Gasteiger partial charge in [0.25, 0.3) is 0 Å². The quantitative estimate of drug-likeness (QED) is 0.804. The number of hydrogen-bond acceptors (Lipinski definition) is 3. The van der Waals surface area contributed by atoms with Gasteiger partial charge in [0.15, 0.2) is 5.78 Å². The standard InChI is InChI=1S/C12H19NOS/c1-8-9(5-6-15-8)10(14)7-11(13)12(2,3)4/h5-6,11H,7,13H2,1-4H3. The van der Waals surface area contributed by atoms with Gasteiger partial charge in [-0.05, 0) is 23.8 Å². The maximum Gasteiger partial charge on any atom is 0.165 e. The van der Waals surface area contributed by atoms with Crippen LogP contribution >= 0.6 is 11.3 Å². The van der Waals surface area contributed by atoms with Crippen LogP contribution in [-0.2, 0) is 0 Å². The Morgan fingerprint density at radius 2 is 2.13 bits per heavy atom. The summed E-state index contributed by atoms with van der Waals surface area (Å²) in [4.78, 5) is 13.0. The molecule has 0 fully saturated rings. The van der Waals surface area contributed by atoms with Crippen LogP contribution in [0.3, 0.4) is 0 Å². The molecule has 0 aromatic carbocycles. The summed E-state index contributed by atoms with van der Waals surface area (Å²) in [5.41, 5.74) is 6.81. The van der Waals surface area contributed by atoms with Gasteiger partial charge < -0.3 is 5.73 Å². The van der Waals surface area contributed by atoms with Gasteiger partial charge in [-0.3, -0.25) is 4.79 Å². The molecule has 0 aliphatic carbocycles. The van der Waals surface area contributed by atoms with Gasteiger partial charge in [0, 0.05) is 22.9 Å². The summed E-state index contributed by atoms with van der Waals surface area (Å²) in [7, 11) is 0. The molecule has 0 aliphatic rings. The molecule has 1 aromatic rings. The van der Waals surface area contributed by atoms with E-state index in [4.69, 9.17) is 5.73 Å². The molecule has 15 heavy (non-hydrogen) atoms. The van der Waals surface area contributed by atoms with E-state index in [1.54, 1.807) is 11.3 Å². The van der Waals surface area contributed by atoms with Crippen molar-refractivity contribution in [1.82, 2.24) is 0 Å². The Kier molecular flexibility index (Phi) is 3.68. The summed E-state index contributed by atoms with van der Waals surface area (Å²) < 4.78 is 0. The first-order chi connectivity index (χ1) is 6.82. The fourth-order valence-corrected chi connectivity index (χ4v) is 2.01. The third kappa shape index (κ3) is 3.14. The summed E-state index contributed by atoms with van der Waals surface area (Å²) in [6.45, 7) is 8.16. The van der Waals surface area contributed by atoms with Crippen molar-refractivity contribution in [2.45, 2.75) is 40.2 Å². The van der Waals surface area contributed by atoms with E-state index in [2.05, 4.69) is 20.8 Å². The highest BCUT2D eigenvalue weighted by Gasteiger charge is 2.24. The van der Waals surface area contributed by atoms with E-state index in [0.717, 1.165) is 10.4 Å². The van der Waals surface area contributed by atoms with Gasteiger partial charge in [-0.15, -0.1) is 11.3 Å². The van der Waals surface area contributed by atoms with Crippen molar-refractivity contribution in [3.63, 3.8) is 0 Å². The van der Waals surface area contributed by atoms with Crippen molar-refractivity contribution in [2.75, 3.05) is 0 Å². The SMILES string of the molecule is Cc1sccc1C(=O)CC(N)C(C)(C)C. The molecular weight excluding hydrogens is 206 g/mol. The molecule has 0 saturated heterocycles. The average molecular weight is 225 g/mol. The molecule has 2 N–H and O–H groups in total. The zero-order valence-electron chi connectivity index (χ0n) is 9.83. The van der Waals surface area contributed by atoms with Gasteiger partial charge in [-0.1, -0.05) is 20.8 Å². The van der Waals surface area contributed by atoms with E-state index < -0.39 is 0 Å². The molecule has 3 heteroatoms. The van der Waals surface area contributed by atoms with Crippen LogP contribution < -0.4 is 5.73 Å². The van der Waals surface area contributed by atoms with Crippen LogP contribution in [0.1, 0.15) is 42.4 Å². The molecule has 1 rings (SSSR count). The van der Waals surface area contributed by atoms with Crippen LogP contribution in [0.5, 0.6) is 0 Å². The fraction of sp³-hybridized carbons (Fsp3) is 0.583. The zero-order valence-corrected chi connectivity index (χ0v) is 10.6. The highest BCUT2D eigenvalue weighted by molar-refractivity contribution is 7.10. The summed E-state index contributed by atoms with van der Waals surface area (Å²) in [5, 5.41) is 1.95. The number of Topliss-reactive ketones (excluding diaryl/α,β-unsaturated/α-hetero) is 1. The highest BCUT2D eigenvalue weighted by atomic mass is 32.1. The predicted octanol–water partition coefficient (Wildman–Crippen LogP) is 3.00. The smallest absolute Gasteiger partial charge is 0.165 e. The second-order valence-corrected chi connectivity index (χ2v) is 6.11. The maximum absolute atomic E-state index is 11.9. The molecule has 0 spiro atoms. The Bertz CT molecular complexity index is 349. The monoisotopic (exact) mass is 225 g/mol. The summed E-state index contributed by atoms with van der Waals surface area (Å²) in [6.07, 6.45) is 0.432. The van der Waals surface area contributed by atoms with Crippen LogP contribution in [0.2, 0.25) is 0 Å². The largest absolute Gasteiger partial charge is 0.327 e. The van der Waals surface area contributed by atoms with Crippen LogP contribution in [0.15, 0.2) is 11.4 Å². The molecule has 1 heterocycles. The minimum Gasteiger partial charge on any atom is -0.327 e. The van der Waals surface area contributed by atoms with Crippen molar-refractivity contribution >= 4 is 17.1 Å². The zero-order chi connectivity index (χ0) is 11.6. The maximum atomic E-state index is 11.9. The fourth-order valence-electron chi connectivity index (χ4n) is 1.29. The number of ketones is 1. The van der Waals surface area contributed by atoms with Gasteiger partial charge in [0.2, 0.25) is 0 Å². The van der Waals surface area contributed by atoms with Gasteiger partial charge in [0.1, 0.15) is 0 Å². The topological polar surface area (TPSA) is 43.1 Å². The first-order valence-electron chi connectivity index (χ1n) is 5.15. The minimum absolute atomic E-state index is 0.0143. The lowest BCUT2D eigenvalue weighted by atomic mass is 9.84. The number of carbonyl (C=O) groups excluding carboxylic acids is 1. The second kappa shape index (κ2) is 4.45. The lowest BCUT2D eigenvalue weighted by Gasteiger charge is -2.26. The molecule has 0 saturated carbocycles. The number of thiophene rings is 1. The average Bonchev–Trinajstić information content (AvgIpc) is 2.49. The van der Waals surface area contributed by atoms with E-state index in [-0.39, 0.29) is 17.2 Å². The lowest BCUT2D eigenvalue weighted by molar-refractivity contribution is 0.0953. The summed E-state index contributed by atoms with van der Waals surface area (Å²) in [6, 6.07) is 1.81. The van der Waals surface area contributed by atoms with Crippen molar-refractivity contribution in [2.24, 2.45) is 11.1 Å². The van der Waals surface area contributed by atoms with E-state index >= 15 is 0 Å². The Balaban J connectivity index is 2.69. The predicted molar refractivity (Wildman–Crippen MR) is 65.4 cm³/mol. The molecule has 0 amide bonds. The van der Waals surface area contributed by atoms with Crippen molar-refractivity contribution in [1.29, 1.82) is 0 Å². The van der Waals surface area contributed by atoms with E-state index in [0.29, 0.717) is 6.42 Å². The molecule has 0 aliphatic heterocycles. The third-order valence-corrected chi connectivity index (χ3v) is 3.52. The first kappa shape index (κ1) is 12.4. The van der Waals surface area contributed by atoms with E-state index in [1.807, 2.05) is 18.4 Å². The first-order valence-corrected chi connectivity index (χ1v) is 6.03. The molecule has 1 unspecified atom stereocenters. The number of aryl methyl sites for hydroxylation is 1. The molecule has 2 nitrogen and oxygen atoms in total. The van der Waals surface area contributed by atoms with Gasteiger partial charge >= 0.3 is 0 Å². The van der Waals surface area contributed by atoms with E-state index in [9.17, 15) is 4.79 Å². The number of carbonyl (C=O) groups is 1. The Morgan fingerprint density at radius 1 is 1.53 bits per heavy atom. The van der Waals surface area contributed by atoms with Crippen LogP contribution in [0.25, 0.3) is 0 Å². The van der Waals surface area contributed by atoms with Gasteiger partial charge in [-0.25, -0.2) is 0 Å². The van der Waals surface area contributed by atoms with Crippen molar-refractivity contribution < 1.29 is 4.79 Å². The number of hydrogen-bond donors (Lipinski definition) is 1.